The Kier molecular flexibility index (Phi) is 3.65. The molecule has 140 valence electrons. The number of rotatable bonds is 4. The molecule has 1 aliphatic heterocycles. The number of aromatic nitrogens is 5. The highest BCUT2D eigenvalue weighted by Gasteiger charge is 2.44. The van der Waals surface area contributed by atoms with Gasteiger partial charge in [0.25, 0.3) is 0 Å². The third kappa shape index (κ3) is 2.39. The second-order valence-electron chi connectivity index (χ2n) is 7.52. The molecule has 3 aromatic heterocycles. The number of benzene rings is 1. The predicted molar refractivity (Wildman–Crippen MR) is 104 cm³/mol. The van der Waals surface area contributed by atoms with E-state index in [-0.39, 0.29) is 5.82 Å². The van der Waals surface area contributed by atoms with Gasteiger partial charge in [-0.15, -0.1) is 0 Å². The van der Waals surface area contributed by atoms with Crippen molar-refractivity contribution in [3.05, 3.63) is 82.8 Å². The van der Waals surface area contributed by atoms with Crippen LogP contribution in [0.3, 0.4) is 0 Å². The lowest BCUT2D eigenvalue weighted by Gasteiger charge is -2.29. The monoisotopic (exact) mass is 374 g/mol. The van der Waals surface area contributed by atoms with E-state index in [9.17, 15) is 4.39 Å². The fraction of sp³-hybridized carbons (Fsp3) is 0.238. The van der Waals surface area contributed by atoms with E-state index in [2.05, 4.69) is 34.1 Å². The van der Waals surface area contributed by atoms with Crippen LogP contribution in [0.25, 0.3) is 5.65 Å². The Bertz CT molecular complexity index is 1190. The van der Waals surface area contributed by atoms with E-state index in [1.165, 1.54) is 18.5 Å². The van der Waals surface area contributed by atoms with Gasteiger partial charge in [0.1, 0.15) is 23.4 Å². The van der Waals surface area contributed by atoms with Crippen LogP contribution < -0.4 is 0 Å². The number of hydrogen-bond acceptors (Lipinski definition) is 4. The first-order chi connectivity index (χ1) is 13.6. The minimum absolute atomic E-state index is 0.276. The third-order valence-corrected chi connectivity index (χ3v) is 5.18. The van der Waals surface area contributed by atoms with Crippen molar-refractivity contribution in [3.8, 4) is 0 Å². The van der Waals surface area contributed by atoms with E-state index >= 15 is 0 Å². The molecule has 0 saturated carbocycles. The number of nitrogens with zero attached hydrogens (tertiary/aromatic N) is 5. The normalized spacial score (nSPS) is 18.3. The highest BCUT2D eigenvalue weighted by atomic mass is 19.1. The summed E-state index contributed by atoms with van der Waals surface area (Å²) in [5.74, 6) is 0.177. The van der Waals surface area contributed by atoms with Gasteiger partial charge in [-0.3, -0.25) is 10.1 Å². The number of hydrogen-bond donors (Lipinski definition) is 1. The SMILES string of the molecule is CC(C)Cc1[nH]nc2c1C(c1ccc(F)cc1)(c1ccc3ncnn3c1)N=C2. The van der Waals surface area contributed by atoms with Gasteiger partial charge in [-0.2, -0.15) is 10.2 Å². The molecule has 6 nitrogen and oxygen atoms in total. The molecule has 0 radical (unpaired) electrons. The Morgan fingerprint density at radius 1 is 1.11 bits per heavy atom. The van der Waals surface area contributed by atoms with E-state index in [0.29, 0.717) is 5.92 Å². The highest BCUT2D eigenvalue weighted by molar-refractivity contribution is 5.87. The molecule has 5 rings (SSSR count). The third-order valence-electron chi connectivity index (χ3n) is 5.18. The first kappa shape index (κ1) is 16.8. The van der Waals surface area contributed by atoms with E-state index in [4.69, 9.17) is 4.99 Å². The molecule has 0 aliphatic carbocycles. The number of fused-ring (bicyclic) bond motifs is 2. The zero-order chi connectivity index (χ0) is 19.3. The Morgan fingerprint density at radius 2 is 1.89 bits per heavy atom. The minimum atomic E-state index is -0.805. The van der Waals surface area contributed by atoms with Crippen LogP contribution in [0.4, 0.5) is 4.39 Å². The molecule has 0 fully saturated rings. The van der Waals surface area contributed by atoms with E-state index in [1.807, 2.05) is 18.3 Å². The Hall–Kier alpha value is -3.35. The molecule has 1 atom stereocenters. The summed E-state index contributed by atoms with van der Waals surface area (Å²) >= 11 is 0. The summed E-state index contributed by atoms with van der Waals surface area (Å²) < 4.78 is 15.4. The van der Waals surface area contributed by atoms with Crippen LogP contribution >= 0.6 is 0 Å². The molecule has 4 aromatic rings. The second-order valence-corrected chi connectivity index (χ2v) is 7.52. The van der Waals surface area contributed by atoms with Gasteiger partial charge in [0.2, 0.25) is 0 Å². The van der Waals surface area contributed by atoms with Crippen LogP contribution in [0.15, 0.2) is 53.9 Å². The molecule has 1 N–H and O–H groups in total. The zero-order valence-corrected chi connectivity index (χ0v) is 15.6. The summed E-state index contributed by atoms with van der Waals surface area (Å²) in [5.41, 5.74) is 4.65. The molecule has 0 amide bonds. The average molecular weight is 374 g/mol. The summed E-state index contributed by atoms with van der Waals surface area (Å²) in [4.78, 5) is 9.16. The van der Waals surface area contributed by atoms with Crippen molar-refractivity contribution in [3.63, 3.8) is 0 Å². The smallest absolute Gasteiger partial charge is 0.155 e. The summed E-state index contributed by atoms with van der Waals surface area (Å²) in [5, 5.41) is 12.0. The minimum Gasteiger partial charge on any atom is -0.281 e. The van der Waals surface area contributed by atoms with Crippen molar-refractivity contribution in [2.75, 3.05) is 0 Å². The first-order valence-corrected chi connectivity index (χ1v) is 9.27. The Morgan fingerprint density at radius 3 is 2.68 bits per heavy atom. The Labute approximate surface area is 161 Å². The first-order valence-electron chi connectivity index (χ1n) is 9.27. The van der Waals surface area contributed by atoms with Crippen LogP contribution in [-0.4, -0.2) is 31.0 Å². The van der Waals surface area contributed by atoms with Gasteiger partial charge in [-0.1, -0.05) is 32.0 Å². The molecule has 0 spiro atoms. The van der Waals surface area contributed by atoms with Gasteiger partial charge < -0.3 is 0 Å². The molecular formula is C21H19FN6. The number of aromatic amines is 1. The lowest BCUT2D eigenvalue weighted by molar-refractivity contribution is 0.599. The molecule has 1 unspecified atom stereocenters. The molecule has 1 aliphatic rings. The van der Waals surface area contributed by atoms with Crippen molar-refractivity contribution in [1.82, 2.24) is 24.8 Å². The standard InChI is InChI=1S/C21H19FN6/c1-13(2)9-17-20-18(27-26-17)10-24-21(20,14-3-6-16(22)7-4-14)15-5-8-19-23-12-25-28(19)11-15/h3-8,10-13H,9H2,1-2H3,(H,26,27). The van der Waals surface area contributed by atoms with Crippen molar-refractivity contribution >= 4 is 11.9 Å². The quantitative estimate of drug-likeness (QED) is 0.594. The van der Waals surface area contributed by atoms with Gasteiger partial charge in [-0.05, 0) is 36.1 Å². The number of H-pyrrole nitrogens is 1. The Balaban J connectivity index is 1.80. The van der Waals surface area contributed by atoms with Gasteiger partial charge >= 0.3 is 0 Å². The fourth-order valence-electron chi connectivity index (χ4n) is 4.00. The number of pyridine rings is 1. The van der Waals surface area contributed by atoms with Crippen LogP contribution in [0.5, 0.6) is 0 Å². The molecule has 4 heterocycles. The summed E-state index contributed by atoms with van der Waals surface area (Å²) in [6.07, 6.45) is 6.10. The topological polar surface area (TPSA) is 71.2 Å². The molecule has 0 bridgehead atoms. The number of nitrogens with one attached hydrogen (secondary N) is 1. The van der Waals surface area contributed by atoms with Gasteiger partial charge in [0.05, 0.1) is 6.21 Å². The van der Waals surface area contributed by atoms with Gasteiger partial charge in [-0.25, -0.2) is 13.9 Å². The molecule has 1 aromatic carbocycles. The summed E-state index contributed by atoms with van der Waals surface area (Å²) in [7, 11) is 0. The summed E-state index contributed by atoms with van der Waals surface area (Å²) in [6.45, 7) is 4.34. The van der Waals surface area contributed by atoms with Crippen molar-refractivity contribution in [1.29, 1.82) is 0 Å². The van der Waals surface area contributed by atoms with E-state index in [0.717, 1.165) is 40.1 Å². The average Bonchev–Trinajstić information content (AvgIpc) is 3.38. The lowest BCUT2D eigenvalue weighted by Crippen LogP contribution is -2.27. The maximum atomic E-state index is 13.7. The summed E-state index contributed by atoms with van der Waals surface area (Å²) in [6, 6.07) is 10.5. The van der Waals surface area contributed by atoms with Crippen molar-refractivity contribution in [2.24, 2.45) is 10.9 Å². The maximum Gasteiger partial charge on any atom is 0.155 e. The fourth-order valence-corrected chi connectivity index (χ4v) is 4.00. The van der Waals surface area contributed by atoms with E-state index in [1.54, 1.807) is 22.9 Å². The maximum absolute atomic E-state index is 13.7. The molecule has 7 heteroatoms. The number of aliphatic imine (C=N–C) groups is 1. The number of halogens is 1. The van der Waals surface area contributed by atoms with Crippen molar-refractivity contribution < 1.29 is 4.39 Å². The van der Waals surface area contributed by atoms with Gasteiger partial charge in [0.15, 0.2) is 5.65 Å². The van der Waals surface area contributed by atoms with Crippen molar-refractivity contribution in [2.45, 2.75) is 25.8 Å². The molecular weight excluding hydrogens is 355 g/mol. The largest absolute Gasteiger partial charge is 0.281 e. The van der Waals surface area contributed by atoms with Gasteiger partial charge in [0, 0.05) is 23.0 Å². The molecule has 0 saturated heterocycles. The van der Waals surface area contributed by atoms with Crippen LogP contribution in [0, 0.1) is 11.7 Å². The van der Waals surface area contributed by atoms with Crippen LogP contribution in [0.2, 0.25) is 0 Å². The van der Waals surface area contributed by atoms with E-state index < -0.39 is 5.54 Å². The predicted octanol–water partition coefficient (Wildman–Crippen LogP) is 3.51. The van der Waals surface area contributed by atoms with Crippen LogP contribution in [-0.2, 0) is 12.0 Å². The second kappa shape index (κ2) is 6.09. The highest BCUT2D eigenvalue weighted by Crippen LogP contribution is 2.46. The molecule has 28 heavy (non-hydrogen) atoms. The lowest BCUT2D eigenvalue weighted by atomic mass is 9.77. The van der Waals surface area contributed by atoms with Crippen LogP contribution in [0.1, 0.15) is 41.9 Å². The zero-order valence-electron chi connectivity index (χ0n) is 15.6.